The fourth-order valence-corrected chi connectivity index (χ4v) is 4.02. The van der Waals surface area contributed by atoms with Gasteiger partial charge in [0, 0.05) is 31.9 Å². The van der Waals surface area contributed by atoms with Gasteiger partial charge in [-0.05, 0) is 54.4 Å². The smallest absolute Gasteiger partial charge is 0.289 e. The van der Waals surface area contributed by atoms with Crippen LogP contribution in [0.3, 0.4) is 0 Å². The first kappa shape index (κ1) is 22.7. The second kappa shape index (κ2) is 10.4. The van der Waals surface area contributed by atoms with E-state index >= 15 is 0 Å². The van der Waals surface area contributed by atoms with E-state index < -0.39 is 0 Å². The molecule has 2 aromatic carbocycles. The maximum absolute atomic E-state index is 12.4. The van der Waals surface area contributed by atoms with Crippen molar-refractivity contribution in [3.05, 3.63) is 77.2 Å². The maximum atomic E-state index is 12.4. The molecular weight excluding hydrogens is 442 g/mol. The van der Waals surface area contributed by atoms with Crippen LogP contribution >= 0.6 is 11.6 Å². The summed E-state index contributed by atoms with van der Waals surface area (Å²) in [5.41, 5.74) is 2.68. The Morgan fingerprint density at radius 2 is 1.82 bits per heavy atom. The van der Waals surface area contributed by atoms with Gasteiger partial charge in [0.25, 0.3) is 11.8 Å². The summed E-state index contributed by atoms with van der Waals surface area (Å²) < 4.78 is 10.8. The van der Waals surface area contributed by atoms with E-state index in [4.69, 9.17) is 20.8 Å². The minimum atomic E-state index is -0.261. The molecule has 2 amide bonds. The minimum absolute atomic E-state index is 0.0868. The van der Waals surface area contributed by atoms with E-state index in [1.807, 2.05) is 36.4 Å². The zero-order chi connectivity index (χ0) is 23.2. The maximum Gasteiger partial charge on any atom is 0.289 e. The van der Waals surface area contributed by atoms with E-state index in [9.17, 15) is 9.59 Å². The molecule has 0 saturated carbocycles. The van der Waals surface area contributed by atoms with Crippen molar-refractivity contribution in [1.82, 2.24) is 4.90 Å². The summed E-state index contributed by atoms with van der Waals surface area (Å²) >= 11 is 6.51. The lowest BCUT2D eigenvalue weighted by Crippen LogP contribution is -2.48. The zero-order valence-electron chi connectivity index (χ0n) is 18.4. The summed E-state index contributed by atoms with van der Waals surface area (Å²) in [5, 5.41) is 3.35. The highest BCUT2D eigenvalue weighted by atomic mass is 35.5. The molecule has 0 unspecified atom stereocenters. The first-order valence-electron chi connectivity index (χ1n) is 10.9. The molecule has 0 radical (unpaired) electrons. The Balaban J connectivity index is 1.28. The number of ether oxygens (including phenoxy) is 1. The van der Waals surface area contributed by atoms with Crippen LogP contribution in [0.1, 0.15) is 23.0 Å². The number of piperazine rings is 1. The van der Waals surface area contributed by atoms with Crippen LogP contribution in [-0.4, -0.2) is 49.5 Å². The van der Waals surface area contributed by atoms with Gasteiger partial charge in [-0.25, -0.2) is 0 Å². The third kappa shape index (κ3) is 5.68. The van der Waals surface area contributed by atoms with E-state index in [0.717, 1.165) is 12.1 Å². The van der Waals surface area contributed by atoms with Crippen LogP contribution in [0, 0.1) is 0 Å². The van der Waals surface area contributed by atoms with Crippen molar-refractivity contribution in [2.45, 2.75) is 13.3 Å². The van der Waals surface area contributed by atoms with Crippen molar-refractivity contribution < 1.29 is 18.7 Å². The van der Waals surface area contributed by atoms with Gasteiger partial charge in [-0.3, -0.25) is 9.59 Å². The highest BCUT2D eigenvalue weighted by Crippen LogP contribution is 2.30. The standard InChI is InChI=1S/C25H26ClN3O4/c1-2-18-5-8-20(9-6-18)33-17-24(30)27-19-7-10-22(21(26)16-19)28-11-13-29(14-12-28)25(31)23-4-3-15-32-23/h3-10,15-16H,2,11-14,17H2,1H3,(H,27,30). The zero-order valence-corrected chi connectivity index (χ0v) is 19.2. The van der Waals surface area contributed by atoms with Gasteiger partial charge in [-0.1, -0.05) is 30.7 Å². The number of hydrogen-bond acceptors (Lipinski definition) is 5. The summed E-state index contributed by atoms with van der Waals surface area (Å²) in [6.07, 6.45) is 2.45. The fourth-order valence-electron chi connectivity index (χ4n) is 3.71. The molecule has 0 atom stereocenters. The average molecular weight is 468 g/mol. The number of anilines is 2. The van der Waals surface area contributed by atoms with Gasteiger partial charge >= 0.3 is 0 Å². The van der Waals surface area contributed by atoms with E-state index in [-0.39, 0.29) is 18.4 Å². The van der Waals surface area contributed by atoms with E-state index in [2.05, 4.69) is 17.1 Å². The summed E-state index contributed by atoms with van der Waals surface area (Å²) in [4.78, 5) is 28.6. The van der Waals surface area contributed by atoms with Gasteiger partial charge < -0.3 is 24.3 Å². The lowest BCUT2D eigenvalue weighted by atomic mass is 10.2. The molecule has 172 valence electrons. The number of nitrogens with zero attached hydrogens (tertiary/aromatic N) is 2. The predicted molar refractivity (Wildman–Crippen MR) is 128 cm³/mol. The molecule has 1 aliphatic heterocycles. The molecule has 1 aliphatic rings. The van der Waals surface area contributed by atoms with Gasteiger partial charge in [-0.2, -0.15) is 0 Å². The molecule has 1 N–H and O–H groups in total. The van der Waals surface area contributed by atoms with Crippen molar-refractivity contribution in [3.8, 4) is 5.75 Å². The Morgan fingerprint density at radius 1 is 1.06 bits per heavy atom. The molecule has 4 rings (SSSR count). The Morgan fingerprint density at radius 3 is 2.45 bits per heavy atom. The number of amides is 2. The lowest BCUT2D eigenvalue weighted by Gasteiger charge is -2.36. The van der Waals surface area contributed by atoms with Crippen molar-refractivity contribution in [2.75, 3.05) is 43.0 Å². The van der Waals surface area contributed by atoms with Crippen molar-refractivity contribution in [1.29, 1.82) is 0 Å². The van der Waals surface area contributed by atoms with Crippen molar-refractivity contribution in [3.63, 3.8) is 0 Å². The Labute approximate surface area is 197 Å². The summed E-state index contributed by atoms with van der Waals surface area (Å²) in [5.74, 6) is 0.639. The van der Waals surface area contributed by atoms with Crippen LogP contribution in [0.15, 0.2) is 65.3 Å². The van der Waals surface area contributed by atoms with Crippen LogP contribution in [0.4, 0.5) is 11.4 Å². The van der Waals surface area contributed by atoms with Crippen molar-refractivity contribution in [2.24, 2.45) is 0 Å². The molecule has 0 spiro atoms. The minimum Gasteiger partial charge on any atom is -0.484 e. The van der Waals surface area contributed by atoms with Crippen LogP contribution in [0.2, 0.25) is 5.02 Å². The largest absolute Gasteiger partial charge is 0.484 e. The third-order valence-electron chi connectivity index (χ3n) is 5.57. The molecule has 3 aromatic rings. The Hall–Kier alpha value is -3.45. The number of hydrogen-bond donors (Lipinski definition) is 1. The van der Waals surface area contributed by atoms with E-state index in [1.54, 1.807) is 23.1 Å². The van der Waals surface area contributed by atoms with Crippen LogP contribution in [-0.2, 0) is 11.2 Å². The van der Waals surface area contributed by atoms with Crippen LogP contribution < -0.4 is 15.0 Å². The highest BCUT2D eigenvalue weighted by molar-refractivity contribution is 6.33. The van der Waals surface area contributed by atoms with Gasteiger partial charge in [0.05, 0.1) is 17.0 Å². The van der Waals surface area contributed by atoms with Gasteiger partial charge in [0.2, 0.25) is 0 Å². The Kier molecular flexibility index (Phi) is 7.19. The fraction of sp³-hybridized carbons (Fsp3) is 0.280. The number of benzene rings is 2. The number of carbonyl (C=O) groups excluding carboxylic acids is 2. The first-order valence-corrected chi connectivity index (χ1v) is 11.3. The predicted octanol–water partition coefficient (Wildman–Crippen LogP) is 4.48. The SMILES string of the molecule is CCc1ccc(OCC(=O)Nc2ccc(N3CCN(C(=O)c4ccco4)CC3)c(Cl)c2)cc1. The number of aryl methyl sites for hydroxylation is 1. The monoisotopic (exact) mass is 467 g/mol. The lowest BCUT2D eigenvalue weighted by molar-refractivity contribution is -0.118. The summed E-state index contributed by atoms with van der Waals surface area (Å²) in [7, 11) is 0. The normalized spacial score (nSPS) is 13.6. The molecule has 1 saturated heterocycles. The second-order valence-electron chi connectivity index (χ2n) is 7.76. The molecule has 0 bridgehead atoms. The number of furan rings is 1. The highest BCUT2D eigenvalue weighted by Gasteiger charge is 2.24. The summed E-state index contributed by atoms with van der Waals surface area (Å²) in [6, 6.07) is 16.5. The molecule has 1 aromatic heterocycles. The average Bonchev–Trinajstić information content (AvgIpc) is 3.38. The molecule has 2 heterocycles. The second-order valence-corrected chi connectivity index (χ2v) is 8.16. The number of carbonyl (C=O) groups is 2. The summed E-state index contributed by atoms with van der Waals surface area (Å²) in [6.45, 7) is 4.46. The topological polar surface area (TPSA) is 75.0 Å². The first-order chi connectivity index (χ1) is 16.0. The molecule has 8 heteroatoms. The van der Waals surface area contributed by atoms with Crippen molar-refractivity contribution >= 4 is 34.8 Å². The number of rotatable bonds is 7. The van der Waals surface area contributed by atoms with E-state index in [1.165, 1.54) is 11.8 Å². The Bertz CT molecular complexity index is 1090. The van der Waals surface area contributed by atoms with Gasteiger partial charge in [-0.15, -0.1) is 0 Å². The molecule has 1 fully saturated rings. The molecule has 33 heavy (non-hydrogen) atoms. The van der Waals surface area contributed by atoms with Gasteiger partial charge in [0.1, 0.15) is 5.75 Å². The number of halogens is 1. The molecule has 0 aliphatic carbocycles. The van der Waals surface area contributed by atoms with Crippen LogP contribution in [0.5, 0.6) is 5.75 Å². The molecular formula is C25H26ClN3O4. The van der Waals surface area contributed by atoms with E-state index in [0.29, 0.717) is 48.4 Å². The molecule has 7 nitrogen and oxygen atoms in total. The van der Waals surface area contributed by atoms with Crippen LogP contribution in [0.25, 0.3) is 0 Å². The third-order valence-corrected chi connectivity index (χ3v) is 5.88. The number of nitrogens with one attached hydrogen (secondary N) is 1. The van der Waals surface area contributed by atoms with Gasteiger partial charge in [0.15, 0.2) is 12.4 Å². The quantitative estimate of drug-likeness (QED) is 0.554.